The van der Waals surface area contributed by atoms with Gasteiger partial charge in [0.1, 0.15) is 5.82 Å². The van der Waals surface area contributed by atoms with Gasteiger partial charge in [-0.3, -0.25) is 0 Å². The molecule has 2 rings (SSSR count). The molecule has 1 aliphatic carbocycles. The molecular formula is C16H23BrFN. The van der Waals surface area contributed by atoms with E-state index in [0.717, 1.165) is 18.5 Å². The smallest absolute Gasteiger partial charge is 0.137 e. The van der Waals surface area contributed by atoms with Gasteiger partial charge in [-0.25, -0.2) is 4.39 Å². The fraction of sp³-hybridized carbons (Fsp3) is 0.625. The van der Waals surface area contributed by atoms with Crippen molar-refractivity contribution in [1.29, 1.82) is 0 Å². The summed E-state index contributed by atoms with van der Waals surface area (Å²) in [6.45, 7) is 7.59. The highest BCUT2D eigenvalue weighted by atomic mass is 79.9. The van der Waals surface area contributed by atoms with Gasteiger partial charge in [0.05, 0.1) is 4.47 Å². The Morgan fingerprint density at radius 3 is 2.53 bits per heavy atom. The van der Waals surface area contributed by atoms with Crippen molar-refractivity contribution in [1.82, 2.24) is 5.32 Å². The molecule has 0 unspecified atom stereocenters. The molecule has 0 aromatic heterocycles. The molecule has 106 valence electrons. The van der Waals surface area contributed by atoms with E-state index < -0.39 is 0 Å². The average molecular weight is 328 g/mol. The van der Waals surface area contributed by atoms with Crippen molar-refractivity contribution in [2.45, 2.75) is 52.0 Å². The van der Waals surface area contributed by atoms with Crippen LogP contribution in [0.2, 0.25) is 0 Å². The summed E-state index contributed by atoms with van der Waals surface area (Å²) in [5.41, 5.74) is 1.54. The van der Waals surface area contributed by atoms with Crippen LogP contribution in [-0.2, 0) is 6.42 Å². The molecule has 0 aliphatic heterocycles. The Balaban J connectivity index is 2.08. The van der Waals surface area contributed by atoms with Crippen LogP contribution in [0.15, 0.2) is 22.7 Å². The molecule has 19 heavy (non-hydrogen) atoms. The molecule has 1 aliphatic rings. The zero-order chi connectivity index (χ0) is 14.1. The van der Waals surface area contributed by atoms with Gasteiger partial charge in [-0.1, -0.05) is 18.6 Å². The molecule has 0 radical (unpaired) electrons. The number of benzene rings is 1. The minimum atomic E-state index is -0.157. The summed E-state index contributed by atoms with van der Waals surface area (Å²) in [5.74, 6) is -0.157. The van der Waals surface area contributed by atoms with Crippen LogP contribution in [0.5, 0.6) is 0 Å². The van der Waals surface area contributed by atoms with E-state index >= 15 is 0 Å². The largest absolute Gasteiger partial charge is 0.312 e. The Morgan fingerprint density at radius 1 is 1.32 bits per heavy atom. The van der Waals surface area contributed by atoms with Gasteiger partial charge in [-0.05, 0) is 73.0 Å². The van der Waals surface area contributed by atoms with Gasteiger partial charge < -0.3 is 5.32 Å². The third-order valence-corrected chi connectivity index (χ3v) is 4.89. The zero-order valence-electron chi connectivity index (χ0n) is 12.0. The highest BCUT2D eigenvalue weighted by Gasteiger charge is 2.38. The Kier molecular flexibility index (Phi) is 4.36. The van der Waals surface area contributed by atoms with Crippen LogP contribution in [0.25, 0.3) is 0 Å². The number of hydrogen-bond acceptors (Lipinski definition) is 1. The number of hydrogen-bond donors (Lipinski definition) is 1. The summed E-state index contributed by atoms with van der Waals surface area (Å²) < 4.78 is 14.2. The van der Waals surface area contributed by atoms with Crippen LogP contribution < -0.4 is 5.32 Å². The lowest BCUT2D eigenvalue weighted by Gasteiger charge is -2.44. The molecule has 0 atom stereocenters. The molecule has 1 aromatic rings. The SMILES string of the molecule is CC(C)(C)NCC1(Cc2cccc(F)c2Br)CCC1. The standard InChI is InChI=1S/C16H23BrFN/c1-15(2,3)19-11-16(8-5-9-16)10-12-6-4-7-13(18)14(12)17/h4,6-7,19H,5,8-11H2,1-3H3. The van der Waals surface area contributed by atoms with Crippen LogP contribution in [0.4, 0.5) is 4.39 Å². The molecule has 1 N–H and O–H groups in total. The molecule has 0 saturated heterocycles. The molecule has 0 amide bonds. The normalized spacial score (nSPS) is 18.2. The van der Waals surface area contributed by atoms with Gasteiger partial charge in [0.25, 0.3) is 0 Å². The predicted octanol–water partition coefficient (Wildman–Crippen LogP) is 4.69. The van der Waals surface area contributed by atoms with E-state index in [1.807, 2.05) is 6.07 Å². The molecule has 1 nitrogen and oxygen atoms in total. The van der Waals surface area contributed by atoms with Crippen molar-refractivity contribution in [3.63, 3.8) is 0 Å². The maximum absolute atomic E-state index is 13.6. The summed E-state index contributed by atoms with van der Waals surface area (Å²) >= 11 is 3.38. The van der Waals surface area contributed by atoms with Crippen LogP contribution in [0.1, 0.15) is 45.6 Å². The maximum atomic E-state index is 13.6. The van der Waals surface area contributed by atoms with E-state index in [4.69, 9.17) is 0 Å². The Bertz CT molecular complexity index is 447. The van der Waals surface area contributed by atoms with Crippen LogP contribution in [0, 0.1) is 11.2 Å². The van der Waals surface area contributed by atoms with Crippen molar-refractivity contribution in [2.24, 2.45) is 5.41 Å². The number of halogens is 2. The van der Waals surface area contributed by atoms with Crippen molar-refractivity contribution in [3.05, 3.63) is 34.1 Å². The van der Waals surface area contributed by atoms with E-state index in [0.29, 0.717) is 9.89 Å². The van der Waals surface area contributed by atoms with Crippen molar-refractivity contribution in [2.75, 3.05) is 6.54 Å². The van der Waals surface area contributed by atoms with Gasteiger partial charge in [0.2, 0.25) is 0 Å². The Labute approximate surface area is 124 Å². The monoisotopic (exact) mass is 327 g/mol. The molecule has 1 fully saturated rings. The minimum absolute atomic E-state index is 0.141. The second kappa shape index (κ2) is 5.53. The van der Waals surface area contributed by atoms with Gasteiger partial charge in [-0.15, -0.1) is 0 Å². The molecule has 3 heteroatoms. The zero-order valence-corrected chi connectivity index (χ0v) is 13.6. The average Bonchev–Trinajstić information content (AvgIpc) is 2.26. The lowest BCUT2D eigenvalue weighted by molar-refractivity contribution is 0.118. The van der Waals surface area contributed by atoms with Crippen LogP contribution in [0.3, 0.4) is 0 Å². The summed E-state index contributed by atoms with van der Waals surface area (Å²) in [4.78, 5) is 0. The first-order valence-electron chi connectivity index (χ1n) is 6.99. The van der Waals surface area contributed by atoms with Crippen molar-refractivity contribution in [3.8, 4) is 0 Å². The van der Waals surface area contributed by atoms with Gasteiger partial charge in [0, 0.05) is 12.1 Å². The minimum Gasteiger partial charge on any atom is -0.312 e. The summed E-state index contributed by atoms with van der Waals surface area (Å²) in [6.07, 6.45) is 4.71. The molecule has 0 bridgehead atoms. The van der Waals surface area contributed by atoms with E-state index in [1.165, 1.54) is 25.3 Å². The Hall–Kier alpha value is -0.410. The molecule has 0 heterocycles. The lowest BCUT2D eigenvalue weighted by atomic mass is 9.65. The Morgan fingerprint density at radius 2 is 2.00 bits per heavy atom. The molecule has 1 aromatic carbocycles. The predicted molar refractivity (Wildman–Crippen MR) is 81.8 cm³/mol. The quantitative estimate of drug-likeness (QED) is 0.845. The van der Waals surface area contributed by atoms with Crippen LogP contribution >= 0.6 is 15.9 Å². The fourth-order valence-electron chi connectivity index (χ4n) is 2.63. The fourth-order valence-corrected chi connectivity index (χ4v) is 3.04. The van der Waals surface area contributed by atoms with Crippen LogP contribution in [-0.4, -0.2) is 12.1 Å². The van der Waals surface area contributed by atoms with E-state index in [9.17, 15) is 4.39 Å². The lowest BCUT2D eigenvalue weighted by Crippen LogP contribution is -2.48. The summed E-state index contributed by atoms with van der Waals surface area (Å²) in [5, 5.41) is 3.61. The van der Waals surface area contributed by atoms with E-state index in [2.05, 4.69) is 42.0 Å². The molecule has 1 saturated carbocycles. The van der Waals surface area contributed by atoms with E-state index in [1.54, 1.807) is 6.07 Å². The topological polar surface area (TPSA) is 12.0 Å². The number of rotatable bonds is 4. The highest BCUT2D eigenvalue weighted by molar-refractivity contribution is 9.10. The maximum Gasteiger partial charge on any atom is 0.137 e. The summed E-state index contributed by atoms with van der Waals surface area (Å²) in [6, 6.07) is 5.34. The number of nitrogens with one attached hydrogen (secondary N) is 1. The van der Waals surface area contributed by atoms with Gasteiger partial charge in [-0.2, -0.15) is 0 Å². The highest BCUT2D eigenvalue weighted by Crippen LogP contribution is 2.44. The van der Waals surface area contributed by atoms with Crippen molar-refractivity contribution < 1.29 is 4.39 Å². The second-order valence-electron chi connectivity index (χ2n) is 6.85. The first-order valence-corrected chi connectivity index (χ1v) is 7.79. The second-order valence-corrected chi connectivity index (χ2v) is 7.64. The van der Waals surface area contributed by atoms with Gasteiger partial charge >= 0.3 is 0 Å². The van der Waals surface area contributed by atoms with E-state index in [-0.39, 0.29) is 11.4 Å². The third kappa shape index (κ3) is 3.79. The molecular weight excluding hydrogens is 305 g/mol. The third-order valence-electron chi connectivity index (χ3n) is 4.00. The van der Waals surface area contributed by atoms with Gasteiger partial charge in [0.15, 0.2) is 0 Å². The summed E-state index contributed by atoms with van der Waals surface area (Å²) in [7, 11) is 0. The first-order chi connectivity index (χ1) is 8.81. The van der Waals surface area contributed by atoms with Crippen molar-refractivity contribution >= 4 is 15.9 Å². The first kappa shape index (κ1) is 15.0. The molecule has 0 spiro atoms.